The summed E-state index contributed by atoms with van der Waals surface area (Å²) in [5.74, 6) is -0.579. The van der Waals surface area contributed by atoms with Crippen LogP contribution in [0.5, 0.6) is 0 Å². The van der Waals surface area contributed by atoms with Crippen LogP contribution < -0.4 is 5.32 Å². The molecule has 0 aromatic carbocycles. The van der Waals surface area contributed by atoms with Crippen LogP contribution in [0.2, 0.25) is 0 Å². The number of ether oxygens (including phenoxy) is 1. The predicted molar refractivity (Wildman–Crippen MR) is 76.9 cm³/mol. The molecule has 21 heavy (non-hydrogen) atoms. The van der Waals surface area contributed by atoms with Crippen LogP contribution in [0.3, 0.4) is 0 Å². The lowest BCUT2D eigenvalue weighted by Crippen LogP contribution is -2.23. The molecule has 0 fully saturated rings. The van der Waals surface area contributed by atoms with Crippen LogP contribution in [-0.4, -0.2) is 33.5 Å². The van der Waals surface area contributed by atoms with Gasteiger partial charge in [-0.2, -0.15) is 11.3 Å². The molecule has 0 saturated heterocycles. The van der Waals surface area contributed by atoms with Crippen molar-refractivity contribution in [2.45, 2.75) is 26.3 Å². The highest BCUT2D eigenvalue weighted by molar-refractivity contribution is 7.08. The Morgan fingerprint density at radius 3 is 3.00 bits per heavy atom. The summed E-state index contributed by atoms with van der Waals surface area (Å²) in [6.45, 7) is 2.34. The third-order valence-electron chi connectivity index (χ3n) is 2.64. The third-order valence-corrected chi connectivity index (χ3v) is 3.31. The second-order valence-electron chi connectivity index (χ2n) is 4.22. The van der Waals surface area contributed by atoms with Gasteiger partial charge in [-0.05, 0) is 18.4 Å². The number of nitrogens with one attached hydrogen (secondary N) is 1. The highest BCUT2D eigenvalue weighted by Gasteiger charge is 2.09. The zero-order chi connectivity index (χ0) is 15.1. The highest BCUT2D eigenvalue weighted by Crippen LogP contribution is 2.10. The molecule has 7 nitrogen and oxygen atoms in total. The number of thiophene rings is 1. The molecule has 0 saturated carbocycles. The number of amides is 1. The first-order valence-corrected chi connectivity index (χ1v) is 7.49. The van der Waals surface area contributed by atoms with Crippen LogP contribution in [0.4, 0.5) is 0 Å². The first-order chi connectivity index (χ1) is 10.2. The molecule has 0 aliphatic rings. The number of hydrogen-bond acceptors (Lipinski definition) is 6. The van der Waals surface area contributed by atoms with E-state index >= 15 is 0 Å². The summed E-state index contributed by atoms with van der Waals surface area (Å²) in [5.41, 5.74) is 1.60. The Morgan fingerprint density at radius 1 is 1.43 bits per heavy atom. The molecule has 112 valence electrons. The summed E-state index contributed by atoms with van der Waals surface area (Å²) in [5, 5.41) is 14.6. The Morgan fingerprint density at radius 2 is 2.29 bits per heavy atom. The summed E-state index contributed by atoms with van der Waals surface area (Å²) in [7, 11) is 0. The van der Waals surface area contributed by atoms with Crippen molar-refractivity contribution in [3.05, 3.63) is 28.7 Å². The molecule has 1 N–H and O–H groups in total. The van der Waals surface area contributed by atoms with Crippen LogP contribution in [0, 0.1) is 0 Å². The van der Waals surface area contributed by atoms with Gasteiger partial charge in [0, 0.05) is 11.8 Å². The van der Waals surface area contributed by atoms with E-state index in [2.05, 4.69) is 15.6 Å². The Bertz CT molecular complexity index is 594. The average molecular weight is 308 g/mol. The van der Waals surface area contributed by atoms with Gasteiger partial charge in [0.15, 0.2) is 0 Å². The SMILES string of the molecule is CCOC(=O)CCC(=O)NCc1cn(-c2ccsc2)nn1. The minimum Gasteiger partial charge on any atom is -0.466 e. The summed E-state index contributed by atoms with van der Waals surface area (Å²) in [6.07, 6.45) is 1.95. The lowest BCUT2D eigenvalue weighted by atomic mass is 10.3. The summed E-state index contributed by atoms with van der Waals surface area (Å²) in [4.78, 5) is 22.7. The van der Waals surface area contributed by atoms with Crippen molar-refractivity contribution < 1.29 is 14.3 Å². The van der Waals surface area contributed by atoms with E-state index in [-0.39, 0.29) is 31.3 Å². The maximum Gasteiger partial charge on any atom is 0.306 e. The van der Waals surface area contributed by atoms with E-state index in [9.17, 15) is 9.59 Å². The lowest BCUT2D eigenvalue weighted by molar-refractivity contribution is -0.144. The maximum absolute atomic E-state index is 11.6. The molecule has 2 rings (SSSR count). The van der Waals surface area contributed by atoms with Crippen molar-refractivity contribution in [3.8, 4) is 5.69 Å². The molecule has 1 amide bonds. The Balaban J connectivity index is 1.75. The predicted octanol–water partition coefficient (Wildman–Crippen LogP) is 1.29. The molecule has 0 aliphatic carbocycles. The van der Waals surface area contributed by atoms with Crippen LogP contribution in [0.1, 0.15) is 25.5 Å². The largest absolute Gasteiger partial charge is 0.466 e. The van der Waals surface area contributed by atoms with Crippen LogP contribution in [0.15, 0.2) is 23.0 Å². The average Bonchev–Trinajstić information content (AvgIpc) is 3.13. The van der Waals surface area contributed by atoms with Crippen molar-refractivity contribution in [1.82, 2.24) is 20.3 Å². The van der Waals surface area contributed by atoms with Gasteiger partial charge in [-0.25, -0.2) is 4.68 Å². The maximum atomic E-state index is 11.6. The quantitative estimate of drug-likeness (QED) is 0.779. The molecular weight excluding hydrogens is 292 g/mol. The summed E-state index contributed by atoms with van der Waals surface area (Å²) < 4.78 is 6.41. The van der Waals surface area contributed by atoms with Gasteiger partial charge < -0.3 is 10.1 Å². The zero-order valence-electron chi connectivity index (χ0n) is 11.6. The fraction of sp³-hybridized carbons (Fsp3) is 0.385. The molecule has 2 aromatic rings. The van der Waals surface area contributed by atoms with Crippen LogP contribution in [-0.2, 0) is 20.9 Å². The normalized spacial score (nSPS) is 10.3. The second-order valence-corrected chi connectivity index (χ2v) is 5.00. The van der Waals surface area contributed by atoms with Crippen LogP contribution >= 0.6 is 11.3 Å². The van der Waals surface area contributed by atoms with E-state index < -0.39 is 0 Å². The Hall–Kier alpha value is -2.22. The summed E-state index contributed by atoms with van der Waals surface area (Å²) >= 11 is 1.57. The highest BCUT2D eigenvalue weighted by atomic mass is 32.1. The number of rotatable bonds is 7. The molecule has 0 aliphatic heterocycles. The molecule has 0 bridgehead atoms. The van der Waals surface area contributed by atoms with Crippen molar-refractivity contribution in [2.24, 2.45) is 0 Å². The lowest BCUT2D eigenvalue weighted by Gasteiger charge is -2.03. The fourth-order valence-electron chi connectivity index (χ4n) is 1.62. The number of carbonyl (C=O) groups is 2. The number of nitrogens with zero attached hydrogens (tertiary/aromatic N) is 3. The van der Waals surface area contributed by atoms with E-state index in [1.165, 1.54) is 0 Å². The van der Waals surface area contributed by atoms with Crippen molar-refractivity contribution in [2.75, 3.05) is 6.61 Å². The molecular formula is C13H16N4O3S. The monoisotopic (exact) mass is 308 g/mol. The first-order valence-electron chi connectivity index (χ1n) is 6.55. The minimum absolute atomic E-state index is 0.0846. The number of hydrogen-bond donors (Lipinski definition) is 1. The first kappa shape index (κ1) is 15.2. The molecule has 0 radical (unpaired) electrons. The third kappa shape index (κ3) is 4.67. The van der Waals surface area contributed by atoms with Crippen molar-refractivity contribution in [1.29, 1.82) is 0 Å². The fourth-order valence-corrected chi connectivity index (χ4v) is 2.24. The molecule has 8 heteroatoms. The van der Waals surface area contributed by atoms with E-state index in [4.69, 9.17) is 4.74 Å². The molecule has 0 spiro atoms. The topological polar surface area (TPSA) is 86.1 Å². The van der Waals surface area contributed by atoms with Gasteiger partial charge in [0.1, 0.15) is 5.69 Å². The van der Waals surface area contributed by atoms with E-state index in [1.54, 1.807) is 29.1 Å². The number of aromatic nitrogens is 3. The number of esters is 1. The van der Waals surface area contributed by atoms with Gasteiger partial charge in [-0.1, -0.05) is 5.21 Å². The van der Waals surface area contributed by atoms with Gasteiger partial charge in [0.25, 0.3) is 0 Å². The molecule has 0 unspecified atom stereocenters. The van der Waals surface area contributed by atoms with Crippen LogP contribution in [0.25, 0.3) is 5.69 Å². The van der Waals surface area contributed by atoms with E-state index in [0.717, 1.165) is 5.69 Å². The zero-order valence-corrected chi connectivity index (χ0v) is 12.4. The van der Waals surface area contributed by atoms with Gasteiger partial charge >= 0.3 is 5.97 Å². The van der Waals surface area contributed by atoms with Crippen molar-refractivity contribution >= 4 is 23.2 Å². The Kier molecular flexibility index (Phi) is 5.44. The van der Waals surface area contributed by atoms with E-state index in [1.807, 2.05) is 16.8 Å². The summed E-state index contributed by atoms with van der Waals surface area (Å²) in [6, 6.07) is 1.93. The van der Waals surface area contributed by atoms with Crippen molar-refractivity contribution in [3.63, 3.8) is 0 Å². The molecule has 0 atom stereocenters. The van der Waals surface area contributed by atoms with Gasteiger partial charge in [0.05, 0.1) is 31.5 Å². The van der Waals surface area contributed by atoms with Gasteiger partial charge in [-0.15, -0.1) is 5.10 Å². The standard InChI is InChI=1S/C13H16N4O3S/c1-2-20-13(19)4-3-12(18)14-7-10-8-17(16-15-10)11-5-6-21-9-11/h5-6,8-9H,2-4,7H2,1H3,(H,14,18). The number of carbonyl (C=O) groups excluding carboxylic acids is 2. The van der Waals surface area contributed by atoms with Gasteiger partial charge in [0.2, 0.25) is 5.91 Å². The Labute approximate surface area is 125 Å². The molecule has 2 aromatic heterocycles. The van der Waals surface area contributed by atoms with Gasteiger partial charge in [-0.3, -0.25) is 9.59 Å². The second kappa shape index (κ2) is 7.53. The van der Waals surface area contributed by atoms with E-state index in [0.29, 0.717) is 12.3 Å². The smallest absolute Gasteiger partial charge is 0.306 e. The minimum atomic E-state index is -0.365. The molecule has 2 heterocycles.